The first kappa shape index (κ1) is 15.5. The Hall–Kier alpha value is -2.04. The molecule has 0 radical (unpaired) electrons. The average Bonchev–Trinajstić information content (AvgIpc) is 2.99. The first-order valence-electron chi connectivity index (χ1n) is 8.01. The van der Waals surface area contributed by atoms with Gasteiger partial charge in [0.15, 0.2) is 17.1 Å². The summed E-state index contributed by atoms with van der Waals surface area (Å²) in [6.45, 7) is 6.67. The number of nitrogens with zero attached hydrogens (tertiary/aromatic N) is 3. The van der Waals surface area contributed by atoms with Gasteiger partial charge in [0.1, 0.15) is 5.69 Å². The van der Waals surface area contributed by atoms with Crippen LogP contribution in [0.1, 0.15) is 26.3 Å². The second-order valence-corrected chi connectivity index (χ2v) is 8.06. The standard InChI is InChI=1S/C20H19BrN3/c1-20(2,3)14-8-9-19-17(10-14)23-12-15-11-22-13-24(15,19)18-7-5-4-6-16(18)21/h4-13H,1-3H3/q+1. The number of para-hydroxylation sites is 1. The van der Waals surface area contributed by atoms with Gasteiger partial charge < -0.3 is 0 Å². The van der Waals surface area contributed by atoms with E-state index >= 15 is 0 Å². The Kier molecular flexibility index (Phi) is 3.37. The van der Waals surface area contributed by atoms with Crippen LogP contribution < -0.4 is 4.48 Å². The van der Waals surface area contributed by atoms with E-state index in [1.54, 1.807) is 0 Å². The van der Waals surface area contributed by atoms with Crippen LogP contribution in [0, 0.1) is 0 Å². The topological polar surface area (TPSA) is 24.7 Å². The number of benzene rings is 2. The largest absolute Gasteiger partial charge is 0.244 e. The molecule has 0 amide bonds. The van der Waals surface area contributed by atoms with Crippen molar-refractivity contribution in [2.75, 3.05) is 0 Å². The highest BCUT2D eigenvalue weighted by Crippen LogP contribution is 2.50. The van der Waals surface area contributed by atoms with E-state index in [4.69, 9.17) is 4.99 Å². The van der Waals surface area contributed by atoms with Crippen LogP contribution >= 0.6 is 15.9 Å². The van der Waals surface area contributed by atoms with Crippen molar-refractivity contribution >= 4 is 45.5 Å². The Balaban J connectivity index is 1.99. The predicted octanol–water partition coefficient (Wildman–Crippen LogP) is 5.98. The molecule has 4 heteroatoms. The lowest BCUT2D eigenvalue weighted by molar-refractivity contribution is 0.589. The zero-order valence-corrected chi connectivity index (χ0v) is 15.6. The minimum Gasteiger partial charge on any atom is -0.244 e. The van der Waals surface area contributed by atoms with Gasteiger partial charge in [0.05, 0.1) is 16.9 Å². The van der Waals surface area contributed by atoms with Gasteiger partial charge in [-0.15, -0.1) is 0 Å². The van der Waals surface area contributed by atoms with Crippen LogP contribution in [0.4, 0.5) is 17.1 Å². The molecule has 0 N–H and O–H groups in total. The third kappa shape index (κ3) is 2.14. The highest BCUT2D eigenvalue weighted by molar-refractivity contribution is 9.10. The van der Waals surface area contributed by atoms with Gasteiger partial charge in [-0.25, -0.2) is 9.98 Å². The fraction of sp³-hybridized carbons (Fsp3) is 0.200. The van der Waals surface area contributed by atoms with Crippen LogP contribution in [-0.2, 0) is 5.41 Å². The van der Waals surface area contributed by atoms with Gasteiger partial charge in [-0.3, -0.25) is 0 Å². The Bertz CT molecular complexity index is 919. The number of hydrogen-bond donors (Lipinski definition) is 0. The second-order valence-electron chi connectivity index (χ2n) is 7.20. The van der Waals surface area contributed by atoms with Crippen molar-refractivity contribution < 1.29 is 0 Å². The highest BCUT2D eigenvalue weighted by Gasteiger charge is 2.44. The molecule has 0 aliphatic carbocycles. The van der Waals surface area contributed by atoms with E-state index in [-0.39, 0.29) is 5.41 Å². The van der Waals surface area contributed by atoms with E-state index in [1.807, 2.05) is 24.8 Å². The van der Waals surface area contributed by atoms with E-state index < -0.39 is 0 Å². The molecule has 0 aromatic heterocycles. The summed E-state index contributed by atoms with van der Waals surface area (Å²) in [7, 11) is 0. The van der Waals surface area contributed by atoms with Crippen LogP contribution in [0.25, 0.3) is 0 Å². The van der Waals surface area contributed by atoms with Gasteiger partial charge >= 0.3 is 0 Å². The van der Waals surface area contributed by atoms with Crippen molar-refractivity contribution in [2.45, 2.75) is 26.2 Å². The number of halogens is 1. The third-order valence-corrected chi connectivity index (χ3v) is 5.31. The first-order valence-corrected chi connectivity index (χ1v) is 8.80. The number of aliphatic imine (C=N–C) groups is 2. The van der Waals surface area contributed by atoms with Crippen LogP contribution in [-0.4, -0.2) is 12.6 Å². The molecule has 0 fully saturated rings. The molecule has 2 aliphatic heterocycles. The monoisotopic (exact) mass is 380 g/mol. The van der Waals surface area contributed by atoms with E-state index in [9.17, 15) is 0 Å². The average molecular weight is 381 g/mol. The normalized spacial score (nSPS) is 21.4. The van der Waals surface area contributed by atoms with Crippen LogP contribution in [0.2, 0.25) is 0 Å². The number of rotatable bonds is 1. The Morgan fingerprint density at radius 1 is 1.00 bits per heavy atom. The highest BCUT2D eigenvalue weighted by atomic mass is 79.9. The quantitative estimate of drug-likeness (QED) is 0.543. The predicted molar refractivity (Wildman–Crippen MR) is 105 cm³/mol. The van der Waals surface area contributed by atoms with Crippen LogP contribution in [0.15, 0.2) is 68.8 Å². The summed E-state index contributed by atoms with van der Waals surface area (Å²) in [5.74, 6) is 0. The molecule has 3 nitrogen and oxygen atoms in total. The summed E-state index contributed by atoms with van der Waals surface area (Å²) in [5.41, 5.74) is 5.71. The summed E-state index contributed by atoms with van der Waals surface area (Å²) in [5, 5.41) is 0. The minimum absolute atomic E-state index is 0.0952. The van der Waals surface area contributed by atoms with Crippen molar-refractivity contribution in [1.82, 2.24) is 4.48 Å². The van der Waals surface area contributed by atoms with Gasteiger partial charge in [0.2, 0.25) is 6.34 Å². The maximum Gasteiger partial charge on any atom is 0.205 e. The fourth-order valence-corrected chi connectivity index (χ4v) is 3.85. The molecule has 2 aromatic rings. The molecule has 0 saturated carbocycles. The molecule has 0 bridgehead atoms. The molecule has 0 spiro atoms. The van der Waals surface area contributed by atoms with Gasteiger partial charge in [-0.1, -0.05) is 39.0 Å². The molecule has 24 heavy (non-hydrogen) atoms. The molecule has 120 valence electrons. The minimum atomic E-state index is 0.0952. The van der Waals surface area contributed by atoms with Gasteiger partial charge in [0.25, 0.3) is 0 Å². The van der Waals surface area contributed by atoms with Crippen LogP contribution in [0.3, 0.4) is 0 Å². The molecule has 1 unspecified atom stereocenters. The fourth-order valence-electron chi connectivity index (χ4n) is 3.29. The number of hydrogen-bond acceptors (Lipinski definition) is 2. The molecule has 1 atom stereocenters. The van der Waals surface area contributed by atoms with E-state index in [0.29, 0.717) is 4.48 Å². The number of allylic oxidation sites excluding steroid dienone is 1. The molecular weight excluding hydrogens is 362 g/mol. The van der Waals surface area contributed by atoms with Crippen molar-refractivity contribution in [3.63, 3.8) is 0 Å². The molecular formula is C20H19BrN3+. The second kappa shape index (κ2) is 5.23. The summed E-state index contributed by atoms with van der Waals surface area (Å²) in [6.07, 6.45) is 5.81. The van der Waals surface area contributed by atoms with E-state index in [0.717, 1.165) is 27.2 Å². The summed E-state index contributed by atoms with van der Waals surface area (Å²) in [6, 6.07) is 14.9. The Morgan fingerprint density at radius 2 is 1.79 bits per heavy atom. The molecule has 4 rings (SSSR count). The molecule has 0 saturated heterocycles. The molecule has 2 aromatic carbocycles. The van der Waals surface area contributed by atoms with Crippen molar-refractivity contribution in [2.24, 2.45) is 9.98 Å². The maximum atomic E-state index is 4.71. The molecule has 2 aliphatic rings. The lowest BCUT2D eigenvalue weighted by Gasteiger charge is -2.34. The van der Waals surface area contributed by atoms with Gasteiger partial charge in [-0.05, 0) is 39.0 Å². The lowest BCUT2D eigenvalue weighted by atomic mass is 9.86. The zero-order valence-electron chi connectivity index (χ0n) is 14.0. The lowest BCUT2D eigenvalue weighted by Crippen LogP contribution is -2.42. The van der Waals surface area contributed by atoms with E-state index in [1.165, 1.54) is 5.56 Å². The third-order valence-electron chi connectivity index (χ3n) is 4.64. The van der Waals surface area contributed by atoms with Crippen molar-refractivity contribution in [3.8, 4) is 0 Å². The smallest absolute Gasteiger partial charge is 0.205 e. The van der Waals surface area contributed by atoms with E-state index in [2.05, 4.69) is 78.1 Å². The number of fused-ring (bicyclic) bond motifs is 3. The van der Waals surface area contributed by atoms with Crippen molar-refractivity contribution in [3.05, 3.63) is 64.4 Å². The van der Waals surface area contributed by atoms with Crippen molar-refractivity contribution in [1.29, 1.82) is 0 Å². The van der Waals surface area contributed by atoms with Crippen LogP contribution in [0.5, 0.6) is 0 Å². The summed E-state index contributed by atoms with van der Waals surface area (Å²) in [4.78, 5) is 9.17. The van der Waals surface area contributed by atoms with Gasteiger partial charge in [-0.2, -0.15) is 4.48 Å². The number of quaternary nitrogens is 1. The maximum absolute atomic E-state index is 4.71. The SMILES string of the molecule is CC(C)(C)c1ccc2c(c1)N=CC1=CN=C[N+]12c1ccccc1Br. The summed E-state index contributed by atoms with van der Waals surface area (Å²) < 4.78 is 1.54. The Labute approximate surface area is 150 Å². The zero-order chi connectivity index (χ0) is 16.9. The first-order chi connectivity index (χ1) is 11.4. The molecule has 2 heterocycles. The van der Waals surface area contributed by atoms with Gasteiger partial charge in [0, 0.05) is 12.1 Å². The summed E-state index contributed by atoms with van der Waals surface area (Å²) >= 11 is 3.71. The Morgan fingerprint density at radius 3 is 2.54 bits per heavy atom.